The van der Waals surface area contributed by atoms with Crippen LogP contribution in [0, 0.1) is 0 Å². The Morgan fingerprint density at radius 2 is 2.00 bits per heavy atom. The van der Waals surface area contributed by atoms with Gasteiger partial charge in [0.2, 0.25) is 5.91 Å². The summed E-state index contributed by atoms with van der Waals surface area (Å²) in [5.41, 5.74) is 0. The van der Waals surface area contributed by atoms with Crippen molar-refractivity contribution in [2.24, 2.45) is 0 Å². The van der Waals surface area contributed by atoms with Crippen LogP contribution in [-0.2, 0) is 9.59 Å². The zero-order chi connectivity index (χ0) is 15.0. The highest BCUT2D eigenvalue weighted by atomic mass is 79.9. The van der Waals surface area contributed by atoms with Crippen LogP contribution in [-0.4, -0.2) is 28.8 Å². The van der Waals surface area contributed by atoms with Gasteiger partial charge >= 0.3 is 5.97 Å². The Hall–Kier alpha value is -1.01. The van der Waals surface area contributed by atoms with Gasteiger partial charge in [0.25, 0.3) is 0 Å². The predicted molar refractivity (Wildman–Crippen MR) is 84.0 cm³/mol. The summed E-state index contributed by atoms with van der Waals surface area (Å²) in [7, 11) is 0. The summed E-state index contributed by atoms with van der Waals surface area (Å²) in [6.07, 6.45) is 1.50. The normalized spacial score (nSPS) is 11.9. The first-order chi connectivity index (χ1) is 9.51. The number of thioether (sulfide) groups is 1. The number of aliphatic carboxylic acids is 1. The van der Waals surface area contributed by atoms with Crippen molar-refractivity contribution in [3.05, 3.63) is 28.7 Å². The van der Waals surface area contributed by atoms with Crippen LogP contribution in [0.25, 0.3) is 0 Å². The van der Waals surface area contributed by atoms with Crippen molar-refractivity contribution in [2.45, 2.75) is 37.1 Å². The van der Waals surface area contributed by atoms with Gasteiger partial charge in [-0.3, -0.25) is 9.59 Å². The second-order valence-corrected chi connectivity index (χ2v) is 6.36. The Kier molecular flexibility index (Phi) is 7.69. The first-order valence-electron chi connectivity index (χ1n) is 6.40. The number of nitrogens with one attached hydrogen (secondary N) is 1. The zero-order valence-corrected chi connectivity index (χ0v) is 13.7. The van der Waals surface area contributed by atoms with Gasteiger partial charge < -0.3 is 10.4 Å². The van der Waals surface area contributed by atoms with E-state index in [2.05, 4.69) is 21.2 Å². The highest BCUT2D eigenvalue weighted by molar-refractivity contribution is 9.10. The summed E-state index contributed by atoms with van der Waals surface area (Å²) in [4.78, 5) is 23.5. The van der Waals surface area contributed by atoms with Gasteiger partial charge in [-0.25, -0.2) is 0 Å². The molecule has 1 amide bonds. The van der Waals surface area contributed by atoms with Crippen molar-refractivity contribution < 1.29 is 14.7 Å². The molecule has 20 heavy (non-hydrogen) atoms. The third-order valence-electron chi connectivity index (χ3n) is 2.61. The van der Waals surface area contributed by atoms with Crippen LogP contribution in [0.3, 0.4) is 0 Å². The largest absolute Gasteiger partial charge is 0.481 e. The molecule has 0 aliphatic carbocycles. The van der Waals surface area contributed by atoms with E-state index in [0.29, 0.717) is 12.2 Å². The summed E-state index contributed by atoms with van der Waals surface area (Å²) in [5, 5.41) is 11.6. The number of benzene rings is 1. The Bertz CT molecular complexity index is 450. The molecule has 0 aliphatic heterocycles. The molecular formula is C14H18BrNO3S. The molecule has 4 nitrogen and oxygen atoms in total. The fraction of sp³-hybridized carbons (Fsp3) is 0.429. The maximum absolute atomic E-state index is 11.8. The minimum Gasteiger partial charge on any atom is -0.481 e. The van der Waals surface area contributed by atoms with Crippen LogP contribution in [0.1, 0.15) is 26.2 Å². The molecule has 0 heterocycles. The second kappa shape index (κ2) is 9.02. The number of hydrogen-bond donors (Lipinski definition) is 2. The van der Waals surface area contributed by atoms with Crippen molar-refractivity contribution in [3.8, 4) is 0 Å². The van der Waals surface area contributed by atoms with Crippen molar-refractivity contribution in [2.75, 3.05) is 5.75 Å². The van der Waals surface area contributed by atoms with Gasteiger partial charge in [0.1, 0.15) is 0 Å². The van der Waals surface area contributed by atoms with Crippen LogP contribution < -0.4 is 5.32 Å². The lowest BCUT2D eigenvalue weighted by Crippen LogP contribution is -2.37. The lowest BCUT2D eigenvalue weighted by molar-refractivity contribution is -0.137. The van der Waals surface area contributed by atoms with Crippen molar-refractivity contribution in [1.82, 2.24) is 5.32 Å². The van der Waals surface area contributed by atoms with Gasteiger partial charge in [0.15, 0.2) is 0 Å². The molecule has 1 aromatic carbocycles. The van der Waals surface area contributed by atoms with Crippen LogP contribution >= 0.6 is 27.7 Å². The average molecular weight is 360 g/mol. The molecule has 0 aromatic heterocycles. The summed E-state index contributed by atoms with van der Waals surface area (Å²) >= 11 is 4.79. The Morgan fingerprint density at radius 1 is 1.35 bits per heavy atom. The summed E-state index contributed by atoms with van der Waals surface area (Å²) < 4.78 is 0.996. The van der Waals surface area contributed by atoms with E-state index in [1.54, 1.807) is 0 Å². The first-order valence-corrected chi connectivity index (χ1v) is 8.18. The monoisotopic (exact) mass is 359 g/mol. The van der Waals surface area contributed by atoms with E-state index in [1.807, 2.05) is 31.2 Å². The molecule has 6 heteroatoms. The summed E-state index contributed by atoms with van der Waals surface area (Å²) in [5.74, 6) is -0.719. The minimum atomic E-state index is -0.885. The van der Waals surface area contributed by atoms with Crippen LogP contribution in [0.4, 0.5) is 0 Å². The van der Waals surface area contributed by atoms with Gasteiger partial charge in [0.05, 0.1) is 12.2 Å². The van der Waals surface area contributed by atoms with E-state index < -0.39 is 5.97 Å². The standard InChI is InChI=1S/C14H18BrNO3S/c1-2-3-11(8-14(18)19)16-13(17)9-20-12-6-4-10(15)5-7-12/h4-7,11H,2-3,8-9H2,1H3,(H,16,17)(H,18,19). The molecule has 0 saturated carbocycles. The zero-order valence-electron chi connectivity index (χ0n) is 11.3. The number of carboxylic acid groups (broad SMARTS) is 1. The number of halogens is 1. The highest BCUT2D eigenvalue weighted by Crippen LogP contribution is 2.20. The second-order valence-electron chi connectivity index (χ2n) is 4.39. The quantitative estimate of drug-likeness (QED) is 0.698. The maximum Gasteiger partial charge on any atom is 0.305 e. The molecule has 1 aromatic rings. The molecule has 1 unspecified atom stereocenters. The number of carboxylic acids is 1. The van der Waals surface area contributed by atoms with Gasteiger partial charge in [-0.2, -0.15) is 0 Å². The number of carbonyl (C=O) groups is 2. The molecule has 0 spiro atoms. The van der Waals surface area contributed by atoms with Gasteiger partial charge in [-0.15, -0.1) is 11.8 Å². The number of carbonyl (C=O) groups excluding carboxylic acids is 1. The SMILES string of the molecule is CCCC(CC(=O)O)NC(=O)CSc1ccc(Br)cc1. The molecule has 1 rings (SSSR count). The van der Waals surface area contributed by atoms with Gasteiger partial charge in [0, 0.05) is 15.4 Å². The molecule has 110 valence electrons. The molecule has 0 saturated heterocycles. The summed E-state index contributed by atoms with van der Waals surface area (Å²) in [6, 6.07) is 7.43. The first kappa shape index (κ1) is 17.0. The van der Waals surface area contributed by atoms with E-state index in [4.69, 9.17) is 5.11 Å². The number of amides is 1. The van der Waals surface area contributed by atoms with E-state index in [9.17, 15) is 9.59 Å². The van der Waals surface area contributed by atoms with E-state index >= 15 is 0 Å². The van der Waals surface area contributed by atoms with Crippen LogP contribution in [0.5, 0.6) is 0 Å². The van der Waals surface area contributed by atoms with Crippen molar-refractivity contribution >= 4 is 39.6 Å². The lowest BCUT2D eigenvalue weighted by Gasteiger charge is -2.15. The topological polar surface area (TPSA) is 66.4 Å². The third-order valence-corrected chi connectivity index (χ3v) is 4.15. The Morgan fingerprint density at radius 3 is 2.55 bits per heavy atom. The van der Waals surface area contributed by atoms with Crippen LogP contribution in [0.2, 0.25) is 0 Å². The predicted octanol–water partition coefficient (Wildman–Crippen LogP) is 3.30. The maximum atomic E-state index is 11.8. The van der Waals surface area contributed by atoms with Crippen molar-refractivity contribution in [1.29, 1.82) is 0 Å². The van der Waals surface area contributed by atoms with Gasteiger partial charge in [-0.1, -0.05) is 29.3 Å². The van der Waals surface area contributed by atoms with E-state index in [-0.39, 0.29) is 18.4 Å². The third kappa shape index (κ3) is 6.96. The molecule has 1 atom stereocenters. The average Bonchev–Trinajstić information content (AvgIpc) is 2.37. The summed E-state index contributed by atoms with van der Waals surface area (Å²) in [6.45, 7) is 1.97. The molecule has 2 N–H and O–H groups in total. The van der Waals surface area contributed by atoms with Gasteiger partial charge in [-0.05, 0) is 30.7 Å². The Labute approximate surface area is 131 Å². The van der Waals surface area contributed by atoms with E-state index in [1.165, 1.54) is 11.8 Å². The number of hydrogen-bond acceptors (Lipinski definition) is 3. The Balaban J connectivity index is 2.41. The molecule has 0 bridgehead atoms. The lowest BCUT2D eigenvalue weighted by atomic mass is 10.1. The number of rotatable bonds is 8. The molecular weight excluding hydrogens is 342 g/mol. The highest BCUT2D eigenvalue weighted by Gasteiger charge is 2.15. The fourth-order valence-corrected chi connectivity index (χ4v) is 2.71. The smallest absolute Gasteiger partial charge is 0.305 e. The van der Waals surface area contributed by atoms with Crippen molar-refractivity contribution in [3.63, 3.8) is 0 Å². The van der Waals surface area contributed by atoms with E-state index in [0.717, 1.165) is 15.8 Å². The van der Waals surface area contributed by atoms with Crippen LogP contribution in [0.15, 0.2) is 33.6 Å². The minimum absolute atomic E-state index is 0.0253. The molecule has 0 aliphatic rings. The fourth-order valence-electron chi connectivity index (χ4n) is 1.73. The molecule has 0 fully saturated rings. The molecule has 0 radical (unpaired) electrons.